The van der Waals surface area contributed by atoms with E-state index in [0.717, 1.165) is 32.1 Å². The number of nitrogens with zero attached hydrogens (tertiary/aromatic N) is 4. The maximum Gasteiger partial charge on any atom is 0.392 e. The molecule has 6 nitrogen and oxygen atoms in total. The molecule has 10 heteroatoms. The average Bonchev–Trinajstić information content (AvgIpc) is 3.08. The molecule has 0 bridgehead atoms. The Morgan fingerprint density at radius 3 is 2.54 bits per heavy atom. The van der Waals surface area contributed by atoms with Crippen LogP contribution in [0.5, 0.6) is 0 Å². The first-order valence-corrected chi connectivity index (χ1v) is 13.1. The van der Waals surface area contributed by atoms with Crippen molar-refractivity contribution in [2.24, 2.45) is 0 Å². The molecule has 1 aromatic carbocycles. The van der Waals surface area contributed by atoms with Gasteiger partial charge in [0.25, 0.3) is 0 Å². The summed E-state index contributed by atoms with van der Waals surface area (Å²) in [5.74, 6) is -0.0127. The number of hydrogen-bond donors (Lipinski definition) is 1. The molecule has 2 aromatic heterocycles. The van der Waals surface area contributed by atoms with Crippen molar-refractivity contribution in [3.63, 3.8) is 0 Å². The highest BCUT2D eigenvalue weighted by Crippen LogP contribution is 2.42. The van der Waals surface area contributed by atoms with E-state index in [1.54, 1.807) is 23.0 Å². The lowest BCUT2D eigenvalue weighted by atomic mass is 9.91. The fourth-order valence-corrected chi connectivity index (χ4v) is 5.71. The second kappa shape index (κ2) is 9.70. The number of benzene rings is 1. The fourth-order valence-electron chi connectivity index (χ4n) is 5.71. The van der Waals surface area contributed by atoms with Gasteiger partial charge < -0.3 is 10.1 Å². The molecule has 1 saturated heterocycles. The SMILES string of the molecule is Fc1nn(C2CCCCO2)c2ccc3c(c12)CCCC(CC(F)(F)F)=C3c1cnc(NC2CCC2)cn1. The van der Waals surface area contributed by atoms with Gasteiger partial charge in [0.2, 0.25) is 5.95 Å². The minimum absolute atomic E-state index is 0.246. The number of fused-ring (bicyclic) bond motifs is 3. The molecule has 1 N–H and O–H groups in total. The van der Waals surface area contributed by atoms with Crippen LogP contribution in [0.15, 0.2) is 30.1 Å². The van der Waals surface area contributed by atoms with Gasteiger partial charge in [0.05, 0.1) is 35.4 Å². The van der Waals surface area contributed by atoms with Crippen LogP contribution in [0.25, 0.3) is 16.5 Å². The lowest BCUT2D eigenvalue weighted by Crippen LogP contribution is -2.27. The molecule has 3 aromatic rings. The van der Waals surface area contributed by atoms with Gasteiger partial charge in [0.1, 0.15) is 5.82 Å². The van der Waals surface area contributed by atoms with E-state index in [0.29, 0.717) is 64.6 Å². The average molecular weight is 516 g/mol. The highest BCUT2D eigenvalue weighted by molar-refractivity contribution is 5.92. The van der Waals surface area contributed by atoms with Crippen LogP contribution in [0.4, 0.5) is 23.4 Å². The summed E-state index contributed by atoms with van der Waals surface area (Å²) in [4.78, 5) is 8.99. The monoisotopic (exact) mass is 515 g/mol. The molecular weight excluding hydrogens is 486 g/mol. The second-order valence-electron chi connectivity index (χ2n) is 10.2. The third-order valence-corrected chi connectivity index (χ3v) is 7.68. The summed E-state index contributed by atoms with van der Waals surface area (Å²) in [5.41, 5.74) is 2.86. The van der Waals surface area contributed by atoms with Gasteiger partial charge in [-0.15, -0.1) is 5.10 Å². The summed E-state index contributed by atoms with van der Waals surface area (Å²) in [5, 5.41) is 7.84. The van der Waals surface area contributed by atoms with Crippen LogP contribution in [0.1, 0.15) is 80.8 Å². The van der Waals surface area contributed by atoms with Crippen molar-refractivity contribution in [1.82, 2.24) is 19.7 Å². The molecule has 2 fully saturated rings. The van der Waals surface area contributed by atoms with E-state index in [-0.39, 0.29) is 18.2 Å². The van der Waals surface area contributed by atoms with Crippen molar-refractivity contribution < 1.29 is 22.3 Å². The van der Waals surface area contributed by atoms with Gasteiger partial charge in [-0.25, -0.2) is 9.67 Å². The Balaban J connectivity index is 1.46. The summed E-state index contributed by atoms with van der Waals surface area (Å²) in [6.45, 7) is 0.594. The number of rotatable bonds is 5. The predicted octanol–water partition coefficient (Wildman–Crippen LogP) is 6.72. The first kappa shape index (κ1) is 24.3. The molecular formula is C27H29F4N5O. The summed E-state index contributed by atoms with van der Waals surface area (Å²) in [6.07, 6.45) is 4.49. The van der Waals surface area contributed by atoms with Gasteiger partial charge in [0.15, 0.2) is 6.23 Å². The maximum absolute atomic E-state index is 15.4. The Morgan fingerprint density at radius 2 is 1.86 bits per heavy atom. The summed E-state index contributed by atoms with van der Waals surface area (Å²) >= 11 is 0. The molecule has 37 heavy (non-hydrogen) atoms. The van der Waals surface area contributed by atoms with Crippen molar-refractivity contribution in [1.29, 1.82) is 0 Å². The van der Waals surface area contributed by atoms with Gasteiger partial charge in [-0.1, -0.05) is 11.6 Å². The zero-order valence-electron chi connectivity index (χ0n) is 20.5. The Hall–Kier alpha value is -3.01. The fraction of sp³-hybridized carbons (Fsp3) is 0.519. The second-order valence-corrected chi connectivity index (χ2v) is 10.2. The quantitative estimate of drug-likeness (QED) is 0.382. The molecule has 0 radical (unpaired) electrons. The smallest absolute Gasteiger partial charge is 0.366 e. The lowest BCUT2D eigenvalue weighted by molar-refractivity contribution is -0.127. The van der Waals surface area contributed by atoms with Gasteiger partial charge in [0, 0.05) is 18.2 Å². The van der Waals surface area contributed by atoms with Gasteiger partial charge in [-0.3, -0.25) is 4.98 Å². The molecule has 3 aliphatic rings. The number of alkyl halides is 3. The molecule has 1 aliphatic heterocycles. The van der Waals surface area contributed by atoms with Crippen LogP contribution in [0.3, 0.4) is 0 Å². The topological polar surface area (TPSA) is 64.9 Å². The van der Waals surface area contributed by atoms with Crippen LogP contribution in [0.2, 0.25) is 0 Å². The number of anilines is 1. The van der Waals surface area contributed by atoms with Crippen LogP contribution >= 0.6 is 0 Å². The van der Waals surface area contributed by atoms with E-state index >= 15 is 4.39 Å². The normalized spacial score (nSPS) is 21.0. The first-order chi connectivity index (χ1) is 17.9. The number of aromatic nitrogens is 4. The van der Waals surface area contributed by atoms with Crippen LogP contribution in [0, 0.1) is 5.95 Å². The lowest BCUT2D eigenvalue weighted by Gasteiger charge is -2.26. The zero-order valence-corrected chi connectivity index (χ0v) is 20.5. The van der Waals surface area contributed by atoms with Gasteiger partial charge in [-0.05, 0) is 75.0 Å². The molecule has 1 saturated carbocycles. The Labute approximate surface area is 212 Å². The molecule has 1 atom stereocenters. The molecule has 0 amide bonds. The Kier molecular flexibility index (Phi) is 6.38. The maximum atomic E-state index is 15.4. The number of nitrogens with one attached hydrogen (secondary N) is 1. The standard InChI is InChI=1S/C27H29F4N5O/c28-26-25-18-8-3-5-16(13-27(29,30)31)24(20-14-33-22(15-32-20)34-17-6-4-7-17)19(18)10-11-21(25)36(35-26)23-9-1-2-12-37-23/h10-11,14-15,17,23H,1-9,12-13H2,(H,33,34). The number of aryl methyl sites for hydroxylation is 1. The molecule has 3 heterocycles. The largest absolute Gasteiger partial charge is 0.392 e. The van der Waals surface area contributed by atoms with Crippen molar-refractivity contribution in [3.8, 4) is 0 Å². The van der Waals surface area contributed by atoms with Gasteiger partial charge >= 0.3 is 6.18 Å². The molecule has 2 aliphatic carbocycles. The van der Waals surface area contributed by atoms with Crippen molar-refractivity contribution >= 4 is 22.3 Å². The van der Waals surface area contributed by atoms with E-state index in [4.69, 9.17) is 4.74 Å². The van der Waals surface area contributed by atoms with Crippen LogP contribution in [-0.4, -0.2) is 38.6 Å². The first-order valence-electron chi connectivity index (χ1n) is 13.1. The van der Waals surface area contributed by atoms with Crippen molar-refractivity contribution in [2.45, 2.75) is 82.7 Å². The van der Waals surface area contributed by atoms with Crippen molar-refractivity contribution in [3.05, 3.63) is 52.9 Å². The molecule has 0 spiro atoms. The van der Waals surface area contributed by atoms with Gasteiger partial charge in [-0.2, -0.15) is 17.6 Å². The van der Waals surface area contributed by atoms with E-state index in [2.05, 4.69) is 20.4 Å². The molecule has 1 unspecified atom stereocenters. The van der Waals surface area contributed by atoms with E-state index in [1.165, 1.54) is 12.6 Å². The Morgan fingerprint density at radius 1 is 1.00 bits per heavy atom. The number of halogens is 4. The van der Waals surface area contributed by atoms with Crippen molar-refractivity contribution in [2.75, 3.05) is 11.9 Å². The highest BCUT2D eigenvalue weighted by Gasteiger charge is 2.33. The highest BCUT2D eigenvalue weighted by atomic mass is 19.4. The van der Waals surface area contributed by atoms with E-state index < -0.39 is 18.5 Å². The van der Waals surface area contributed by atoms with E-state index in [1.807, 2.05) is 0 Å². The minimum Gasteiger partial charge on any atom is -0.366 e. The van der Waals surface area contributed by atoms with E-state index in [9.17, 15) is 13.2 Å². The van der Waals surface area contributed by atoms with Crippen LogP contribution < -0.4 is 5.32 Å². The predicted molar refractivity (Wildman–Crippen MR) is 131 cm³/mol. The molecule has 196 valence electrons. The number of allylic oxidation sites excluding steroid dienone is 1. The number of ether oxygens (including phenoxy) is 1. The Bertz CT molecular complexity index is 1320. The third-order valence-electron chi connectivity index (χ3n) is 7.68. The third kappa shape index (κ3) is 4.83. The minimum atomic E-state index is -4.37. The zero-order chi connectivity index (χ0) is 25.6. The summed E-state index contributed by atoms with van der Waals surface area (Å²) in [7, 11) is 0. The number of hydrogen-bond acceptors (Lipinski definition) is 5. The van der Waals surface area contributed by atoms with Crippen LogP contribution in [-0.2, 0) is 11.2 Å². The summed E-state index contributed by atoms with van der Waals surface area (Å²) in [6, 6.07) is 3.90. The summed E-state index contributed by atoms with van der Waals surface area (Å²) < 4.78 is 63.8. The molecule has 6 rings (SSSR count).